The minimum atomic E-state index is 0.00233. The van der Waals surface area contributed by atoms with Gasteiger partial charge in [-0.2, -0.15) is 0 Å². The summed E-state index contributed by atoms with van der Waals surface area (Å²) in [6.45, 7) is 9.21. The van der Waals surface area contributed by atoms with Crippen LogP contribution >= 0.6 is 11.3 Å². The molecule has 0 atom stereocenters. The summed E-state index contributed by atoms with van der Waals surface area (Å²) in [5.74, 6) is 0.0500. The molecule has 4 nitrogen and oxygen atoms in total. The second-order valence-electron chi connectivity index (χ2n) is 5.06. The molecule has 0 bridgehead atoms. The maximum Gasteiger partial charge on any atom is 0.228 e. The van der Waals surface area contributed by atoms with E-state index in [4.69, 9.17) is 0 Å². The molecule has 2 rings (SSSR count). The largest absolute Gasteiger partial charge is 0.302 e. The third-order valence-electron chi connectivity index (χ3n) is 3.10. The summed E-state index contributed by atoms with van der Waals surface area (Å²) in [5.41, 5.74) is 1.17. The first-order valence-corrected chi connectivity index (χ1v) is 7.43. The molecular formula is C13H21N3OS. The number of thiazole rings is 1. The van der Waals surface area contributed by atoms with Crippen LogP contribution in [-0.2, 0) is 17.8 Å². The quantitative estimate of drug-likeness (QED) is 0.911. The van der Waals surface area contributed by atoms with Crippen molar-refractivity contribution in [2.24, 2.45) is 5.92 Å². The van der Waals surface area contributed by atoms with Crippen LogP contribution in [0.2, 0.25) is 0 Å². The molecular weight excluding hydrogens is 246 g/mol. The van der Waals surface area contributed by atoms with Gasteiger partial charge >= 0.3 is 0 Å². The molecule has 0 fully saturated rings. The maximum atomic E-state index is 11.6. The standard InChI is InChI=1S/C13H21N3OS/c1-4-6-16-7-5-10-11(8-16)18-13(14-10)15-12(17)9(2)3/h9H,4-8H2,1-3H3,(H,14,15,17). The van der Waals surface area contributed by atoms with Gasteiger partial charge in [0.25, 0.3) is 0 Å². The van der Waals surface area contributed by atoms with Crippen molar-refractivity contribution in [3.05, 3.63) is 10.6 Å². The van der Waals surface area contributed by atoms with Crippen LogP contribution in [0.25, 0.3) is 0 Å². The number of carbonyl (C=O) groups excluding carboxylic acids is 1. The Morgan fingerprint density at radius 3 is 3.00 bits per heavy atom. The number of hydrogen-bond donors (Lipinski definition) is 1. The lowest BCUT2D eigenvalue weighted by Gasteiger charge is -2.24. The Morgan fingerprint density at radius 2 is 2.33 bits per heavy atom. The van der Waals surface area contributed by atoms with Crippen LogP contribution in [0.3, 0.4) is 0 Å². The molecule has 1 aromatic rings. The van der Waals surface area contributed by atoms with Crippen LogP contribution in [0.4, 0.5) is 5.13 Å². The predicted molar refractivity (Wildman–Crippen MR) is 74.9 cm³/mol. The van der Waals surface area contributed by atoms with Gasteiger partial charge < -0.3 is 5.32 Å². The lowest BCUT2D eigenvalue weighted by molar-refractivity contribution is -0.118. The first kappa shape index (κ1) is 13.5. The van der Waals surface area contributed by atoms with E-state index in [0.717, 1.165) is 31.2 Å². The van der Waals surface area contributed by atoms with Crippen LogP contribution in [0.15, 0.2) is 0 Å². The van der Waals surface area contributed by atoms with Gasteiger partial charge in [0.05, 0.1) is 5.69 Å². The van der Waals surface area contributed by atoms with Gasteiger partial charge in [0.1, 0.15) is 0 Å². The maximum absolute atomic E-state index is 11.6. The molecule has 1 amide bonds. The smallest absolute Gasteiger partial charge is 0.228 e. The molecule has 5 heteroatoms. The second kappa shape index (κ2) is 5.80. The molecule has 0 aliphatic carbocycles. The summed E-state index contributed by atoms with van der Waals surface area (Å²) in [5, 5.41) is 3.66. The SMILES string of the molecule is CCCN1CCc2nc(NC(=O)C(C)C)sc2C1. The van der Waals surface area contributed by atoms with Crippen molar-refractivity contribution < 1.29 is 4.79 Å². The Hall–Kier alpha value is -0.940. The molecule has 1 N–H and O–H groups in total. The number of aromatic nitrogens is 1. The van der Waals surface area contributed by atoms with Crippen LogP contribution in [0.5, 0.6) is 0 Å². The lowest BCUT2D eigenvalue weighted by atomic mass is 10.2. The summed E-state index contributed by atoms with van der Waals surface area (Å²) in [7, 11) is 0. The van der Waals surface area contributed by atoms with E-state index in [1.807, 2.05) is 13.8 Å². The minimum Gasteiger partial charge on any atom is -0.302 e. The van der Waals surface area contributed by atoms with Crippen molar-refractivity contribution >= 4 is 22.4 Å². The van der Waals surface area contributed by atoms with E-state index in [1.54, 1.807) is 11.3 Å². The first-order valence-electron chi connectivity index (χ1n) is 6.62. The van der Waals surface area contributed by atoms with Gasteiger partial charge in [-0.25, -0.2) is 4.98 Å². The second-order valence-corrected chi connectivity index (χ2v) is 6.14. The van der Waals surface area contributed by atoms with Crippen molar-refractivity contribution in [3.63, 3.8) is 0 Å². The molecule has 0 spiro atoms. The van der Waals surface area contributed by atoms with E-state index < -0.39 is 0 Å². The Balaban J connectivity index is 2.03. The summed E-state index contributed by atoms with van der Waals surface area (Å²) >= 11 is 1.63. The number of fused-ring (bicyclic) bond motifs is 1. The fourth-order valence-electron chi connectivity index (χ4n) is 2.06. The highest BCUT2D eigenvalue weighted by Gasteiger charge is 2.21. The van der Waals surface area contributed by atoms with Crippen molar-refractivity contribution in [1.82, 2.24) is 9.88 Å². The van der Waals surface area contributed by atoms with Crippen molar-refractivity contribution in [3.8, 4) is 0 Å². The fourth-order valence-corrected chi connectivity index (χ4v) is 3.11. The minimum absolute atomic E-state index is 0.00233. The number of anilines is 1. The van der Waals surface area contributed by atoms with Crippen LogP contribution in [-0.4, -0.2) is 28.9 Å². The highest BCUT2D eigenvalue weighted by Crippen LogP contribution is 2.28. The molecule has 0 aromatic carbocycles. The van der Waals surface area contributed by atoms with Crippen LogP contribution < -0.4 is 5.32 Å². The number of hydrogen-bond acceptors (Lipinski definition) is 4. The van der Waals surface area contributed by atoms with E-state index in [2.05, 4.69) is 22.1 Å². The number of nitrogens with zero attached hydrogens (tertiary/aromatic N) is 2. The van der Waals surface area contributed by atoms with Gasteiger partial charge in [0.15, 0.2) is 5.13 Å². The van der Waals surface area contributed by atoms with Gasteiger partial charge in [-0.05, 0) is 13.0 Å². The van der Waals surface area contributed by atoms with Crippen molar-refractivity contribution in [1.29, 1.82) is 0 Å². The van der Waals surface area contributed by atoms with Gasteiger partial charge in [-0.15, -0.1) is 11.3 Å². The number of nitrogens with one attached hydrogen (secondary N) is 1. The van der Waals surface area contributed by atoms with Gasteiger partial charge in [0.2, 0.25) is 5.91 Å². The molecule has 2 heterocycles. The molecule has 1 aliphatic heterocycles. The topological polar surface area (TPSA) is 45.2 Å². The van der Waals surface area contributed by atoms with Gasteiger partial charge in [-0.3, -0.25) is 9.69 Å². The zero-order valence-corrected chi connectivity index (χ0v) is 12.1. The van der Waals surface area contributed by atoms with E-state index in [9.17, 15) is 4.79 Å². The molecule has 0 saturated carbocycles. The molecule has 100 valence electrons. The van der Waals surface area contributed by atoms with Gasteiger partial charge in [0, 0.05) is 30.3 Å². The highest BCUT2D eigenvalue weighted by molar-refractivity contribution is 7.15. The number of amides is 1. The predicted octanol–water partition coefficient (Wildman–Crippen LogP) is 2.51. The average molecular weight is 267 g/mol. The normalized spacial score (nSPS) is 15.8. The monoisotopic (exact) mass is 267 g/mol. The summed E-state index contributed by atoms with van der Waals surface area (Å²) < 4.78 is 0. The number of rotatable bonds is 4. The first-order chi connectivity index (χ1) is 8.60. The zero-order chi connectivity index (χ0) is 13.1. The van der Waals surface area contributed by atoms with Crippen molar-refractivity contribution in [2.75, 3.05) is 18.4 Å². The Labute approximate surface area is 112 Å². The van der Waals surface area contributed by atoms with E-state index in [0.29, 0.717) is 0 Å². The fraction of sp³-hybridized carbons (Fsp3) is 0.692. The van der Waals surface area contributed by atoms with E-state index >= 15 is 0 Å². The molecule has 18 heavy (non-hydrogen) atoms. The van der Waals surface area contributed by atoms with Gasteiger partial charge in [-0.1, -0.05) is 20.8 Å². The highest BCUT2D eigenvalue weighted by atomic mass is 32.1. The lowest BCUT2D eigenvalue weighted by Crippen LogP contribution is -2.30. The average Bonchev–Trinajstić information content (AvgIpc) is 2.70. The Bertz CT molecular complexity index is 428. The molecule has 1 aromatic heterocycles. The number of carbonyl (C=O) groups is 1. The third-order valence-corrected chi connectivity index (χ3v) is 4.10. The Morgan fingerprint density at radius 1 is 1.56 bits per heavy atom. The molecule has 1 aliphatic rings. The zero-order valence-electron chi connectivity index (χ0n) is 11.3. The van der Waals surface area contributed by atoms with E-state index in [-0.39, 0.29) is 11.8 Å². The summed E-state index contributed by atoms with van der Waals surface area (Å²) in [6.07, 6.45) is 2.19. The summed E-state index contributed by atoms with van der Waals surface area (Å²) in [4.78, 5) is 19.9. The molecule has 0 unspecified atom stereocenters. The third kappa shape index (κ3) is 3.09. The summed E-state index contributed by atoms with van der Waals surface area (Å²) in [6, 6.07) is 0. The van der Waals surface area contributed by atoms with E-state index in [1.165, 1.54) is 17.0 Å². The molecule has 0 radical (unpaired) electrons. The molecule has 0 saturated heterocycles. The Kier molecular flexibility index (Phi) is 4.35. The van der Waals surface area contributed by atoms with Crippen LogP contribution in [0, 0.1) is 5.92 Å². The van der Waals surface area contributed by atoms with Crippen LogP contribution in [0.1, 0.15) is 37.8 Å². The van der Waals surface area contributed by atoms with Crippen molar-refractivity contribution in [2.45, 2.75) is 40.2 Å².